The number of anilines is 1. The molecule has 0 fully saturated rings. The van der Waals surface area contributed by atoms with Crippen molar-refractivity contribution in [2.75, 3.05) is 19.0 Å². The van der Waals surface area contributed by atoms with Gasteiger partial charge >= 0.3 is 0 Å². The van der Waals surface area contributed by atoms with E-state index in [0.717, 1.165) is 10.4 Å². The number of methoxy groups -OCH3 is 1. The molecule has 1 aliphatic heterocycles. The van der Waals surface area contributed by atoms with Crippen molar-refractivity contribution in [1.82, 2.24) is 0 Å². The van der Waals surface area contributed by atoms with Gasteiger partial charge in [0.1, 0.15) is 4.90 Å². The third kappa shape index (κ3) is 4.06. The van der Waals surface area contributed by atoms with Gasteiger partial charge in [-0.2, -0.15) is 0 Å². The maximum absolute atomic E-state index is 13.2. The molecule has 0 unspecified atom stereocenters. The fraction of sp³-hybridized carbons (Fsp3) is 0.182. The van der Waals surface area contributed by atoms with E-state index in [1.807, 2.05) is 0 Å². The highest BCUT2D eigenvalue weighted by atomic mass is 32.2. The number of ether oxygens (including phenoxy) is 2. The highest BCUT2D eigenvalue weighted by molar-refractivity contribution is 7.91. The van der Waals surface area contributed by atoms with E-state index in [1.165, 1.54) is 30.6 Å². The first-order valence-corrected chi connectivity index (χ1v) is 12.0. The van der Waals surface area contributed by atoms with Crippen LogP contribution in [-0.2, 0) is 19.4 Å². The Morgan fingerprint density at radius 1 is 1.19 bits per heavy atom. The molecule has 0 aliphatic carbocycles. The lowest BCUT2D eigenvalue weighted by Crippen LogP contribution is -2.23. The Bertz CT molecular complexity index is 1290. The molecule has 4 rings (SSSR count). The standard InChI is InChI=1S/C22H20N2O6S2/c1-29-17-9-13(7-8-16(17)30-11-19(23)25)15-10-20(26)24-21-18(12-31-22(15)21)32(27,28)14-5-3-2-4-6-14/h2-9,12,15H,10-11H2,1H3,(H2,23,25)(H,24,26)/t15-/m1/s1. The molecule has 1 aromatic heterocycles. The number of benzene rings is 2. The van der Waals surface area contributed by atoms with Crippen molar-refractivity contribution in [1.29, 1.82) is 0 Å². The van der Waals surface area contributed by atoms with E-state index in [4.69, 9.17) is 15.2 Å². The Kier molecular flexibility index (Phi) is 5.90. The normalized spacial score (nSPS) is 15.5. The summed E-state index contributed by atoms with van der Waals surface area (Å²) < 4.78 is 37.1. The van der Waals surface area contributed by atoms with Crippen molar-refractivity contribution in [3.05, 3.63) is 64.4 Å². The summed E-state index contributed by atoms with van der Waals surface area (Å²) in [6.07, 6.45) is 0.156. The van der Waals surface area contributed by atoms with Gasteiger partial charge in [-0.25, -0.2) is 8.42 Å². The van der Waals surface area contributed by atoms with Gasteiger partial charge in [-0.15, -0.1) is 11.3 Å². The average molecular weight is 473 g/mol. The van der Waals surface area contributed by atoms with E-state index in [0.29, 0.717) is 17.2 Å². The summed E-state index contributed by atoms with van der Waals surface area (Å²) in [5, 5.41) is 4.30. The molecular formula is C22H20N2O6S2. The van der Waals surface area contributed by atoms with Crippen LogP contribution >= 0.6 is 11.3 Å². The van der Waals surface area contributed by atoms with Gasteiger partial charge in [0.05, 0.1) is 17.7 Å². The van der Waals surface area contributed by atoms with Crippen LogP contribution in [0.25, 0.3) is 0 Å². The first-order valence-electron chi connectivity index (χ1n) is 9.61. The molecule has 32 heavy (non-hydrogen) atoms. The van der Waals surface area contributed by atoms with Gasteiger partial charge in [-0.1, -0.05) is 24.3 Å². The van der Waals surface area contributed by atoms with E-state index in [9.17, 15) is 18.0 Å². The summed E-state index contributed by atoms with van der Waals surface area (Å²) in [6.45, 7) is -0.294. The van der Waals surface area contributed by atoms with Gasteiger partial charge in [0, 0.05) is 22.6 Å². The highest BCUT2D eigenvalue weighted by Gasteiger charge is 2.34. The van der Waals surface area contributed by atoms with Crippen LogP contribution in [-0.4, -0.2) is 33.9 Å². The number of hydrogen-bond acceptors (Lipinski definition) is 7. The Morgan fingerprint density at radius 3 is 2.62 bits per heavy atom. The molecule has 0 saturated heterocycles. The minimum atomic E-state index is -3.79. The number of hydrogen-bond donors (Lipinski definition) is 2. The first-order chi connectivity index (χ1) is 15.3. The molecule has 1 atom stereocenters. The largest absolute Gasteiger partial charge is 0.493 e. The smallest absolute Gasteiger partial charge is 0.255 e. The number of rotatable bonds is 7. The van der Waals surface area contributed by atoms with Crippen molar-refractivity contribution in [2.45, 2.75) is 22.1 Å². The van der Waals surface area contributed by atoms with Crippen LogP contribution in [0.15, 0.2) is 63.7 Å². The summed E-state index contributed by atoms with van der Waals surface area (Å²) in [6, 6.07) is 13.2. The minimum absolute atomic E-state index is 0.0788. The molecule has 0 saturated carbocycles. The molecule has 10 heteroatoms. The maximum Gasteiger partial charge on any atom is 0.255 e. The zero-order valence-corrected chi connectivity index (χ0v) is 18.7. The second kappa shape index (κ2) is 8.64. The molecule has 0 spiro atoms. The predicted molar refractivity (Wildman–Crippen MR) is 119 cm³/mol. The fourth-order valence-corrected chi connectivity index (χ4v) is 6.50. The average Bonchev–Trinajstić information content (AvgIpc) is 3.22. The number of carbonyl (C=O) groups is 2. The molecule has 3 aromatic rings. The van der Waals surface area contributed by atoms with Crippen LogP contribution in [0.3, 0.4) is 0 Å². The van der Waals surface area contributed by atoms with Gasteiger partial charge in [0.25, 0.3) is 5.91 Å². The van der Waals surface area contributed by atoms with Crippen LogP contribution in [0, 0.1) is 0 Å². The van der Waals surface area contributed by atoms with Crippen LogP contribution in [0.5, 0.6) is 11.5 Å². The Labute approximate surface area is 188 Å². The van der Waals surface area contributed by atoms with Crippen molar-refractivity contribution in [3.63, 3.8) is 0 Å². The minimum Gasteiger partial charge on any atom is -0.493 e. The lowest BCUT2D eigenvalue weighted by Gasteiger charge is -2.24. The van der Waals surface area contributed by atoms with E-state index >= 15 is 0 Å². The third-order valence-corrected chi connectivity index (χ3v) is 8.10. The summed E-state index contributed by atoms with van der Waals surface area (Å²) in [5.41, 5.74) is 6.20. The molecule has 2 amide bonds. The van der Waals surface area contributed by atoms with Gasteiger partial charge in [0.15, 0.2) is 18.1 Å². The number of nitrogens with two attached hydrogens (primary N) is 1. The molecule has 2 aromatic carbocycles. The SMILES string of the molecule is COc1cc([C@H]2CC(=O)Nc3c(S(=O)(=O)c4ccccc4)csc32)ccc1OCC(N)=O. The molecule has 3 N–H and O–H groups in total. The Hall–Kier alpha value is -3.37. The fourth-order valence-electron chi connectivity index (χ4n) is 3.57. The predicted octanol–water partition coefficient (Wildman–Crippen LogP) is 2.93. The van der Waals surface area contributed by atoms with Crippen molar-refractivity contribution in [2.24, 2.45) is 5.73 Å². The molecule has 0 bridgehead atoms. The number of carbonyl (C=O) groups excluding carboxylic acids is 2. The van der Waals surface area contributed by atoms with E-state index in [-0.39, 0.29) is 34.6 Å². The van der Waals surface area contributed by atoms with E-state index < -0.39 is 15.7 Å². The van der Waals surface area contributed by atoms with Gasteiger partial charge in [-0.05, 0) is 29.8 Å². The van der Waals surface area contributed by atoms with Crippen LogP contribution in [0.4, 0.5) is 5.69 Å². The van der Waals surface area contributed by atoms with Crippen molar-refractivity contribution >= 4 is 38.7 Å². The summed E-state index contributed by atoms with van der Waals surface area (Å²) in [4.78, 5) is 24.5. The number of primary amides is 1. The maximum atomic E-state index is 13.2. The lowest BCUT2D eigenvalue weighted by atomic mass is 9.90. The van der Waals surface area contributed by atoms with Crippen LogP contribution < -0.4 is 20.5 Å². The molecule has 1 aliphatic rings. The molecule has 166 valence electrons. The second-order valence-corrected chi connectivity index (χ2v) is 9.96. The molecule has 2 heterocycles. The number of nitrogens with one attached hydrogen (secondary N) is 1. The van der Waals surface area contributed by atoms with Crippen molar-refractivity contribution in [3.8, 4) is 11.5 Å². The number of thiophene rings is 1. The number of fused-ring (bicyclic) bond motifs is 1. The zero-order chi connectivity index (χ0) is 22.9. The highest BCUT2D eigenvalue weighted by Crippen LogP contribution is 2.46. The van der Waals surface area contributed by atoms with Gasteiger partial charge in [0.2, 0.25) is 15.7 Å². The molecule has 0 radical (unpaired) electrons. The van der Waals surface area contributed by atoms with Gasteiger partial charge in [-0.3, -0.25) is 9.59 Å². The third-order valence-electron chi connectivity index (χ3n) is 5.06. The van der Waals surface area contributed by atoms with Crippen LogP contribution in [0.1, 0.15) is 22.8 Å². The summed E-state index contributed by atoms with van der Waals surface area (Å²) >= 11 is 1.28. The number of amides is 2. The van der Waals surface area contributed by atoms with E-state index in [1.54, 1.807) is 41.8 Å². The summed E-state index contributed by atoms with van der Waals surface area (Å²) in [5.74, 6) is -0.532. The monoisotopic (exact) mass is 472 g/mol. The Morgan fingerprint density at radius 2 is 1.94 bits per heavy atom. The second-order valence-electron chi connectivity index (χ2n) is 7.13. The quantitative estimate of drug-likeness (QED) is 0.545. The molecular weight excluding hydrogens is 452 g/mol. The van der Waals surface area contributed by atoms with E-state index in [2.05, 4.69) is 5.32 Å². The van der Waals surface area contributed by atoms with Crippen molar-refractivity contribution < 1.29 is 27.5 Å². The lowest BCUT2D eigenvalue weighted by molar-refractivity contribution is -0.120. The topological polar surface area (TPSA) is 125 Å². The Balaban J connectivity index is 1.74. The summed E-state index contributed by atoms with van der Waals surface area (Å²) in [7, 11) is -2.33. The molecule has 8 nitrogen and oxygen atoms in total. The van der Waals surface area contributed by atoms with Crippen LogP contribution in [0.2, 0.25) is 0 Å². The number of sulfone groups is 1. The zero-order valence-electron chi connectivity index (χ0n) is 17.0. The first kappa shape index (κ1) is 21.8. The van der Waals surface area contributed by atoms with Gasteiger partial charge < -0.3 is 20.5 Å².